The number of fused-ring (bicyclic) bond motifs is 3. The van der Waals surface area contributed by atoms with Gasteiger partial charge in [0.2, 0.25) is 0 Å². The van der Waals surface area contributed by atoms with E-state index in [9.17, 15) is 0 Å². The fourth-order valence-corrected chi connectivity index (χ4v) is 2.17. The highest BCUT2D eigenvalue weighted by Crippen LogP contribution is 2.26. The summed E-state index contributed by atoms with van der Waals surface area (Å²) in [4.78, 5) is 4.60. The van der Waals surface area contributed by atoms with Crippen LogP contribution >= 0.6 is 0 Å². The van der Waals surface area contributed by atoms with E-state index in [0.29, 0.717) is 0 Å². The van der Waals surface area contributed by atoms with E-state index in [1.165, 1.54) is 16.3 Å². The van der Waals surface area contributed by atoms with Gasteiger partial charge in [0.25, 0.3) is 0 Å². The van der Waals surface area contributed by atoms with Gasteiger partial charge in [-0.2, -0.15) is 0 Å². The number of benzene rings is 1. The largest absolute Gasteiger partial charge is 0.350 e. The summed E-state index contributed by atoms with van der Waals surface area (Å²) in [5.74, 6) is 0. The first-order valence-corrected chi connectivity index (χ1v) is 5.08. The van der Waals surface area contributed by atoms with Crippen LogP contribution in [0.15, 0.2) is 36.5 Å². The van der Waals surface area contributed by atoms with Crippen LogP contribution < -0.4 is 0 Å². The van der Waals surface area contributed by atoms with Crippen LogP contribution in [0.2, 0.25) is 0 Å². The summed E-state index contributed by atoms with van der Waals surface area (Å²) in [6.07, 6.45) is 2.09. The third kappa shape index (κ3) is 1.08. The summed E-state index contributed by atoms with van der Waals surface area (Å²) >= 11 is 0. The van der Waals surface area contributed by atoms with Crippen LogP contribution in [0.25, 0.3) is 21.8 Å². The highest BCUT2D eigenvalue weighted by Gasteiger charge is 2.07. The number of hydrogen-bond acceptors (Lipinski definition) is 1. The molecule has 74 valence electrons. The Morgan fingerprint density at radius 1 is 1.07 bits per heavy atom. The Morgan fingerprint density at radius 3 is 2.73 bits per heavy atom. The summed E-state index contributed by atoms with van der Waals surface area (Å²) in [5.41, 5.74) is 3.45. The number of rotatable bonds is 0. The molecule has 0 saturated carbocycles. The summed E-state index contributed by atoms with van der Waals surface area (Å²) < 4.78 is 2.16. The number of aryl methyl sites for hydroxylation is 2. The number of hydrogen-bond donors (Lipinski definition) is 0. The van der Waals surface area contributed by atoms with Gasteiger partial charge >= 0.3 is 0 Å². The van der Waals surface area contributed by atoms with Crippen LogP contribution in [0.1, 0.15) is 5.69 Å². The quantitative estimate of drug-likeness (QED) is 0.540. The Labute approximate surface area is 88.2 Å². The molecule has 0 aliphatic carbocycles. The summed E-state index contributed by atoms with van der Waals surface area (Å²) in [5, 5.41) is 2.47. The van der Waals surface area contributed by atoms with E-state index < -0.39 is 0 Å². The minimum absolute atomic E-state index is 1.07. The summed E-state index contributed by atoms with van der Waals surface area (Å²) in [7, 11) is 2.08. The first-order valence-electron chi connectivity index (χ1n) is 5.08. The summed E-state index contributed by atoms with van der Waals surface area (Å²) in [6, 6.07) is 10.4. The molecule has 0 spiro atoms. The van der Waals surface area contributed by atoms with Crippen LogP contribution in [0.5, 0.6) is 0 Å². The first-order chi connectivity index (χ1) is 7.27. The van der Waals surface area contributed by atoms with E-state index in [1.807, 2.05) is 6.07 Å². The molecule has 3 rings (SSSR count). The second-order valence-corrected chi connectivity index (χ2v) is 3.90. The van der Waals surface area contributed by atoms with Gasteiger partial charge in [-0.05, 0) is 19.1 Å². The van der Waals surface area contributed by atoms with Crippen LogP contribution in [0.3, 0.4) is 0 Å². The predicted octanol–water partition coefficient (Wildman–Crippen LogP) is 3.03. The standard InChI is InChI=1S/C13H12N2/c1-9-10-7-8-15(2)13(10)11-5-3-4-6-12(11)14-9/h3-8H,1-2H3. The van der Waals surface area contributed by atoms with E-state index >= 15 is 0 Å². The van der Waals surface area contributed by atoms with E-state index in [-0.39, 0.29) is 0 Å². The lowest BCUT2D eigenvalue weighted by molar-refractivity contribution is 0.972. The van der Waals surface area contributed by atoms with E-state index in [0.717, 1.165) is 11.2 Å². The predicted molar refractivity (Wildman–Crippen MR) is 63.0 cm³/mol. The molecule has 0 saturated heterocycles. The Kier molecular flexibility index (Phi) is 1.60. The lowest BCUT2D eigenvalue weighted by atomic mass is 10.1. The molecule has 0 aliphatic rings. The molecular weight excluding hydrogens is 184 g/mol. The number of nitrogens with zero attached hydrogens (tertiary/aromatic N) is 2. The summed E-state index contributed by atoms with van der Waals surface area (Å²) in [6.45, 7) is 2.06. The number of aromatic nitrogens is 2. The van der Waals surface area contributed by atoms with Crippen molar-refractivity contribution >= 4 is 21.8 Å². The molecule has 2 heterocycles. The molecule has 0 atom stereocenters. The van der Waals surface area contributed by atoms with Gasteiger partial charge in [-0.3, -0.25) is 4.98 Å². The van der Waals surface area contributed by atoms with Crippen molar-refractivity contribution in [1.82, 2.24) is 9.55 Å². The minimum Gasteiger partial charge on any atom is -0.350 e. The van der Waals surface area contributed by atoms with Crippen LogP contribution in [0, 0.1) is 6.92 Å². The van der Waals surface area contributed by atoms with Crippen LogP contribution in [0.4, 0.5) is 0 Å². The SMILES string of the molecule is Cc1nc2ccccc2c2c1ccn2C. The maximum absolute atomic E-state index is 4.60. The topological polar surface area (TPSA) is 17.8 Å². The van der Waals surface area contributed by atoms with Crippen LogP contribution in [-0.2, 0) is 7.05 Å². The van der Waals surface area contributed by atoms with Crippen molar-refractivity contribution in [2.75, 3.05) is 0 Å². The Hall–Kier alpha value is -1.83. The Balaban J connectivity index is 2.67. The molecule has 1 aromatic carbocycles. The molecule has 0 unspecified atom stereocenters. The van der Waals surface area contributed by atoms with Gasteiger partial charge in [0.1, 0.15) is 0 Å². The van der Waals surface area contributed by atoms with Crippen molar-refractivity contribution in [2.45, 2.75) is 6.92 Å². The zero-order chi connectivity index (χ0) is 10.4. The third-order valence-electron chi connectivity index (χ3n) is 2.91. The molecular formula is C13H12N2. The molecule has 0 fully saturated rings. The maximum Gasteiger partial charge on any atom is 0.0726 e. The molecule has 0 amide bonds. The van der Waals surface area contributed by atoms with Gasteiger partial charge in [0.05, 0.1) is 11.0 Å². The van der Waals surface area contributed by atoms with Gasteiger partial charge < -0.3 is 4.57 Å². The third-order valence-corrected chi connectivity index (χ3v) is 2.91. The fourth-order valence-electron chi connectivity index (χ4n) is 2.17. The second-order valence-electron chi connectivity index (χ2n) is 3.90. The van der Waals surface area contributed by atoms with E-state index in [4.69, 9.17) is 0 Å². The Bertz CT molecular complexity index is 650. The van der Waals surface area contributed by atoms with Crippen molar-refractivity contribution in [2.24, 2.45) is 7.05 Å². The maximum atomic E-state index is 4.60. The number of pyridine rings is 1. The highest BCUT2D eigenvalue weighted by atomic mass is 14.9. The lowest BCUT2D eigenvalue weighted by Gasteiger charge is -2.04. The molecule has 15 heavy (non-hydrogen) atoms. The van der Waals surface area contributed by atoms with Gasteiger partial charge in [0.15, 0.2) is 0 Å². The first kappa shape index (κ1) is 8.48. The molecule has 0 bridgehead atoms. The van der Waals surface area contributed by atoms with E-state index in [1.54, 1.807) is 0 Å². The minimum atomic E-state index is 1.07. The zero-order valence-corrected chi connectivity index (χ0v) is 8.86. The van der Waals surface area contributed by atoms with Gasteiger partial charge in [-0.1, -0.05) is 18.2 Å². The van der Waals surface area contributed by atoms with Gasteiger partial charge in [-0.15, -0.1) is 0 Å². The molecule has 0 radical (unpaired) electrons. The number of para-hydroxylation sites is 1. The van der Waals surface area contributed by atoms with Gasteiger partial charge in [0, 0.05) is 29.7 Å². The smallest absolute Gasteiger partial charge is 0.0726 e. The normalized spacial score (nSPS) is 11.3. The second kappa shape index (κ2) is 2.83. The van der Waals surface area contributed by atoms with Crippen molar-refractivity contribution in [3.8, 4) is 0 Å². The highest BCUT2D eigenvalue weighted by molar-refractivity contribution is 6.04. The van der Waals surface area contributed by atoms with Crippen molar-refractivity contribution in [1.29, 1.82) is 0 Å². The van der Waals surface area contributed by atoms with Crippen molar-refractivity contribution in [3.05, 3.63) is 42.2 Å². The molecule has 3 aromatic rings. The lowest BCUT2D eigenvalue weighted by Crippen LogP contribution is -1.90. The monoisotopic (exact) mass is 196 g/mol. The van der Waals surface area contributed by atoms with Crippen LogP contribution in [-0.4, -0.2) is 9.55 Å². The molecule has 0 aliphatic heterocycles. The van der Waals surface area contributed by atoms with Gasteiger partial charge in [-0.25, -0.2) is 0 Å². The average Bonchev–Trinajstić information content (AvgIpc) is 2.62. The molecule has 2 aromatic heterocycles. The van der Waals surface area contributed by atoms with E-state index in [2.05, 4.69) is 54.0 Å². The van der Waals surface area contributed by atoms with Crippen molar-refractivity contribution in [3.63, 3.8) is 0 Å². The zero-order valence-electron chi connectivity index (χ0n) is 8.86. The molecule has 0 N–H and O–H groups in total. The van der Waals surface area contributed by atoms with Crippen molar-refractivity contribution < 1.29 is 0 Å². The average molecular weight is 196 g/mol. The Morgan fingerprint density at radius 2 is 1.87 bits per heavy atom. The fraction of sp³-hybridized carbons (Fsp3) is 0.154. The molecule has 2 heteroatoms. The molecule has 2 nitrogen and oxygen atoms in total.